The van der Waals surface area contributed by atoms with Gasteiger partial charge >= 0.3 is 0 Å². The van der Waals surface area contributed by atoms with Crippen LogP contribution in [0.2, 0.25) is 0 Å². The highest BCUT2D eigenvalue weighted by Gasteiger charge is 2.39. The number of aliphatic hydroxyl groups excluding tert-OH is 1. The summed E-state index contributed by atoms with van der Waals surface area (Å²) in [6, 6.07) is 8.90. The molecule has 2 aliphatic heterocycles. The van der Waals surface area contributed by atoms with Crippen LogP contribution in [0.15, 0.2) is 47.5 Å². The number of piperidine rings is 1. The quantitative estimate of drug-likeness (QED) is 0.308. The summed E-state index contributed by atoms with van der Waals surface area (Å²) in [6.07, 6.45) is 17.3. The van der Waals surface area contributed by atoms with Gasteiger partial charge in [0.25, 0.3) is 0 Å². The van der Waals surface area contributed by atoms with E-state index < -0.39 is 6.35 Å². The first-order chi connectivity index (χ1) is 17.0. The lowest BCUT2D eigenvalue weighted by Crippen LogP contribution is -2.34. The fourth-order valence-corrected chi connectivity index (χ4v) is 5.57. The van der Waals surface area contributed by atoms with E-state index in [4.69, 9.17) is 15.2 Å². The van der Waals surface area contributed by atoms with Crippen LogP contribution >= 0.6 is 0 Å². The Kier molecular flexibility index (Phi) is 9.69. The van der Waals surface area contributed by atoms with Crippen LogP contribution in [-0.2, 0) is 15.9 Å². The Bertz CT molecular complexity index is 854. The Labute approximate surface area is 210 Å². The van der Waals surface area contributed by atoms with Gasteiger partial charge in [0, 0.05) is 19.1 Å². The van der Waals surface area contributed by atoms with Gasteiger partial charge in [0.15, 0.2) is 12.1 Å². The molecule has 4 rings (SSSR count). The molecule has 6 heteroatoms. The van der Waals surface area contributed by atoms with Crippen LogP contribution in [0.5, 0.6) is 0 Å². The van der Waals surface area contributed by atoms with E-state index in [2.05, 4.69) is 53.4 Å². The predicted octanol–water partition coefficient (Wildman–Crippen LogP) is 4.53. The van der Waals surface area contributed by atoms with Crippen molar-refractivity contribution in [1.82, 2.24) is 4.90 Å². The van der Waals surface area contributed by atoms with Crippen molar-refractivity contribution in [2.24, 2.45) is 22.6 Å². The zero-order valence-electron chi connectivity index (χ0n) is 21.3. The fraction of sp³-hybridized carbons (Fsp3) is 0.621. The third-order valence-electron chi connectivity index (χ3n) is 7.85. The molecule has 0 amide bonds. The molecule has 2 heterocycles. The van der Waals surface area contributed by atoms with Crippen LogP contribution in [-0.4, -0.2) is 61.7 Å². The molecule has 1 aliphatic carbocycles. The monoisotopic (exact) mass is 481 g/mol. The number of nitrogens with zero attached hydrogens (tertiary/aromatic N) is 2. The lowest BCUT2D eigenvalue weighted by molar-refractivity contribution is -0.180. The number of nitrogens with two attached hydrogens (primary N) is 1. The number of hydrogen-bond acceptors (Lipinski definition) is 6. The summed E-state index contributed by atoms with van der Waals surface area (Å²) >= 11 is 0. The molecule has 1 unspecified atom stereocenters. The molecule has 2 saturated heterocycles. The lowest BCUT2D eigenvalue weighted by atomic mass is 9.84. The molecule has 3 N–H and O–H groups in total. The average molecular weight is 482 g/mol. The van der Waals surface area contributed by atoms with E-state index in [0.717, 1.165) is 49.2 Å². The first-order valence-electron chi connectivity index (χ1n) is 13.4. The summed E-state index contributed by atoms with van der Waals surface area (Å²) < 4.78 is 11.7. The molecule has 1 atom stereocenters. The number of likely N-dealkylation sites (tertiary alicyclic amines) is 1. The molecule has 192 valence electrons. The van der Waals surface area contributed by atoms with Crippen molar-refractivity contribution in [3.05, 3.63) is 53.6 Å². The van der Waals surface area contributed by atoms with Gasteiger partial charge in [0.1, 0.15) is 0 Å². The van der Waals surface area contributed by atoms with Crippen LogP contribution < -0.4 is 5.73 Å². The minimum absolute atomic E-state index is 0.323. The number of allylic oxidation sites excluding steroid dienone is 4. The van der Waals surface area contributed by atoms with Gasteiger partial charge in [-0.1, -0.05) is 42.8 Å². The van der Waals surface area contributed by atoms with Gasteiger partial charge in [-0.25, -0.2) is 4.99 Å². The number of aliphatic imine (C=N–C) groups is 1. The highest BCUT2D eigenvalue weighted by Crippen LogP contribution is 2.39. The Morgan fingerprint density at radius 2 is 1.83 bits per heavy atom. The fourth-order valence-electron chi connectivity index (χ4n) is 5.57. The van der Waals surface area contributed by atoms with Crippen molar-refractivity contribution in [3.63, 3.8) is 0 Å². The van der Waals surface area contributed by atoms with Crippen LogP contribution in [0.25, 0.3) is 5.57 Å². The number of aryl methyl sites for hydroxylation is 1. The van der Waals surface area contributed by atoms with Crippen molar-refractivity contribution < 1.29 is 14.6 Å². The summed E-state index contributed by atoms with van der Waals surface area (Å²) in [5.74, 6) is 1.08. The highest BCUT2D eigenvalue weighted by atomic mass is 16.7. The minimum atomic E-state index is -1.19. The van der Waals surface area contributed by atoms with Gasteiger partial charge in [0.2, 0.25) is 0 Å². The SMILES string of the molecule is CN1CCC(CCCc2ccc(C(C=CC3CCC4(CC3)OCCO4)=C/C=N\C(N)O)cc2)CC1. The third kappa shape index (κ3) is 8.09. The Morgan fingerprint density at radius 1 is 1.14 bits per heavy atom. The summed E-state index contributed by atoms with van der Waals surface area (Å²) in [5.41, 5.74) is 8.99. The van der Waals surface area contributed by atoms with Crippen molar-refractivity contribution in [2.45, 2.75) is 69.9 Å². The van der Waals surface area contributed by atoms with Crippen LogP contribution in [0.1, 0.15) is 62.5 Å². The molecular formula is C29H43N3O3. The summed E-state index contributed by atoms with van der Waals surface area (Å²) in [6.45, 7) is 3.92. The number of benzene rings is 1. The maximum absolute atomic E-state index is 9.30. The Balaban J connectivity index is 1.33. The zero-order valence-corrected chi connectivity index (χ0v) is 21.3. The molecule has 1 aromatic carbocycles. The Hall–Kier alpha value is -1.83. The average Bonchev–Trinajstić information content (AvgIpc) is 3.32. The van der Waals surface area contributed by atoms with Gasteiger partial charge < -0.3 is 19.5 Å². The Morgan fingerprint density at radius 3 is 2.49 bits per heavy atom. The highest BCUT2D eigenvalue weighted by molar-refractivity contribution is 5.88. The van der Waals surface area contributed by atoms with E-state index in [-0.39, 0.29) is 5.79 Å². The van der Waals surface area contributed by atoms with Gasteiger partial charge in [-0.2, -0.15) is 0 Å². The minimum Gasteiger partial charge on any atom is -0.360 e. The summed E-state index contributed by atoms with van der Waals surface area (Å²) in [7, 11) is 2.23. The number of hydrogen-bond donors (Lipinski definition) is 2. The summed E-state index contributed by atoms with van der Waals surface area (Å²) in [4.78, 5) is 6.34. The molecule has 0 radical (unpaired) electrons. The second-order valence-corrected chi connectivity index (χ2v) is 10.5. The second-order valence-electron chi connectivity index (χ2n) is 10.5. The zero-order chi connectivity index (χ0) is 24.5. The first-order valence-corrected chi connectivity index (χ1v) is 13.4. The van der Waals surface area contributed by atoms with E-state index in [1.807, 2.05) is 6.08 Å². The smallest absolute Gasteiger partial charge is 0.199 e. The largest absolute Gasteiger partial charge is 0.360 e. The molecule has 1 saturated carbocycles. The van der Waals surface area contributed by atoms with Crippen LogP contribution in [0.3, 0.4) is 0 Å². The standard InChI is InChI=1S/C29H43N3O3/c1-32-19-14-24(15-20-32)4-2-3-23-5-8-26(9-6-23)27(13-18-31-28(30)33)10-7-25-11-16-29(17-12-25)34-21-22-35-29/h5-10,13,18,24-25,28,33H,2-4,11-12,14-17,19-22,30H2,1H3/b10-7?,27-13?,31-18-. The molecule has 0 aromatic heterocycles. The van der Waals surface area contributed by atoms with Gasteiger partial charge in [-0.15, -0.1) is 0 Å². The van der Waals surface area contributed by atoms with Crippen molar-refractivity contribution in [3.8, 4) is 0 Å². The van der Waals surface area contributed by atoms with Gasteiger partial charge in [-0.05, 0) is 93.3 Å². The van der Waals surface area contributed by atoms with Crippen LogP contribution in [0.4, 0.5) is 0 Å². The van der Waals surface area contributed by atoms with Gasteiger partial charge in [0.05, 0.1) is 13.2 Å². The maximum Gasteiger partial charge on any atom is 0.199 e. The third-order valence-corrected chi connectivity index (χ3v) is 7.85. The molecule has 3 fully saturated rings. The molecule has 3 aliphatic rings. The molecule has 1 spiro atoms. The number of ether oxygens (including phenoxy) is 2. The molecular weight excluding hydrogens is 438 g/mol. The van der Waals surface area contributed by atoms with E-state index in [1.54, 1.807) is 6.21 Å². The van der Waals surface area contributed by atoms with E-state index in [1.165, 1.54) is 44.3 Å². The summed E-state index contributed by atoms with van der Waals surface area (Å²) in [5, 5.41) is 9.30. The van der Waals surface area contributed by atoms with E-state index in [0.29, 0.717) is 19.1 Å². The predicted molar refractivity (Wildman–Crippen MR) is 142 cm³/mol. The first kappa shape index (κ1) is 26.2. The van der Waals surface area contributed by atoms with Crippen molar-refractivity contribution >= 4 is 11.8 Å². The lowest BCUT2D eigenvalue weighted by Gasteiger charge is -2.34. The normalized spacial score (nSPS) is 23.7. The number of aliphatic hydroxyl groups is 1. The molecule has 0 bridgehead atoms. The number of rotatable bonds is 9. The molecule has 6 nitrogen and oxygen atoms in total. The van der Waals surface area contributed by atoms with Crippen molar-refractivity contribution in [2.75, 3.05) is 33.4 Å². The van der Waals surface area contributed by atoms with Gasteiger partial charge in [-0.3, -0.25) is 5.73 Å². The van der Waals surface area contributed by atoms with Crippen LogP contribution in [0, 0.1) is 11.8 Å². The maximum atomic E-state index is 9.30. The molecule has 35 heavy (non-hydrogen) atoms. The van der Waals surface area contributed by atoms with E-state index in [9.17, 15) is 5.11 Å². The van der Waals surface area contributed by atoms with E-state index >= 15 is 0 Å². The molecule has 1 aromatic rings. The topological polar surface area (TPSA) is 80.3 Å². The second kappa shape index (κ2) is 12.9. The van der Waals surface area contributed by atoms with Crippen molar-refractivity contribution in [1.29, 1.82) is 0 Å².